The molecule has 0 bridgehead atoms. The highest BCUT2D eigenvalue weighted by molar-refractivity contribution is 7.10. The monoisotopic (exact) mass is 329 g/mol. The van der Waals surface area contributed by atoms with Crippen LogP contribution in [0.15, 0.2) is 35.7 Å². The number of hydrogen-bond donors (Lipinski definition) is 1. The quantitative estimate of drug-likeness (QED) is 0.693. The topological polar surface area (TPSA) is 29.1 Å². The molecule has 2 rings (SSSR count). The van der Waals surface area contributed by atoms with E-state index < -0.39 is 0 Å². The Morgan fingerprint density at radius 3 is 2.26 bits per heavy atom. The van der Waals surface area contributed by atoms with Gasteiger partial charge in [0.1, 0.15) is 0 Å². The molecule has 0 saturated carbocycles. The van der Waals surface area contributed by atoms with Gasteiger partial charge in [0.25, 0.3) is 5.91 Å². The molecule has 0 saturated heterocycles. The van der Waals surface area contributed by atoms with Crippen LogP contribution in [0.5, 0.6) is 0 Å². The Morgan fingerprint density at radius 1 is 1.09 bits per heavy atom. The normalized spacial score (nSPS) is 13.6. The minimum Gasteiger partial charge on any atom is -0.345 e. The number of aryl methyl sites for hydroxylation is 1. The average molecular weight is 330 g/mol. The molecular weight excluding hydrogens is 302 g/mol. The van der Waals surface area contributed by atoms with Crippen LogP contribution in [0, 0.1) is 0 Å². The second-order valence-electron chi connectivity index (χ2n) is 6.07. The zero-order valence-electron chi connectivity index (χ0n) is 14.6. The zero-order valence-corrected chi connectivity index (χ0v) is 15.4. The summed E-state index contributed by atoms with van der Waals surface area (Å²) in [6, 6.07) is 10.8. The van der Waals surface area contributed by atoms with E-state index in [-0.39, 0.29) is 11.9 Å². The van der Waals surface area contributed by atoms with Crippen molar-refractivity contribution in [2.75, 3.05) is 0 Å². The highest BCUT2D eigenvalue weighted by Gasteiger charge is 2.15. The lowest BCUT2D eigenvalue weighted by atomic mass is 9.95. The Kier molecular flexibility index (Phi) is 6.40. The Labute approximate surface area is 143 Å². The summed E-state index contributed by atoms with van der Waals surface area (Å²) in [7, 11) is 0. The van der Waals surface area contributed by atoms with Crippen molar-refractivity contribution in [1.82, 2.24) is 5.32 Å². The average Bonchev–Trinajstić information content (AvgIpc) is 3.08. The van der Waals surface area contributed by atoms with Gasteiger partial charge in [-0.05, 0) is 42.4 Å². The predicted molar refractivity (Wildman–Crippen MR) is 99.3 cm³/mol. The van der Waals surface area contributed by atoms with Crippen molar-refractivity contribution in [3.8, 4) is 0 Å². The lowest BCUT2D eigenvalue weighted by Crippen LogP contribution is -2.27. The molecule has 1 heterocycles. The van der Waals surface area contributed by atoms with E-state index in [9.17, 15) is 4.79 Å². The highest BCUT2D eigenvalue weighted by Crippen LogP contribution is 2.23. The van der Waals surface area contributed by atoms with Crippen molar-refractivity contribution >= 4 is 17.2 Å². The molecule has 1 aromatic heterocycles. The third kappa shape index (κ3) is 4.44. The lowest BCUT2D eigenvalue weighted by Gasteiger charge is -2.18. The Hall–Kier alpha value is -1.61. The molecule has 1 amide bonds. The van der Waals surface area contributed by atoms with Gasteiger partial charge < -0.3 is 5.32 Å². The van der Waals surface area contributed by atoms with E-state index in [1.807, 2.05) is 11.4 Å². The first kappa shape index (κ1) is 17.7. The molecule has 0 spiro atoms. The fourth-order valence-electron chi connectivity index (χ4n) is 2.64. The molecule has 0 aliphatic carbocycles. The van der Waals surface area contributed by atoms with Crippen LogP contribution >= 0.6 is 11.3 Å². The van der Waals surface area contributed by atoms with E-state index >= 15 is 0 Å². The maximum Gasteiger partial charge on any atom is 0.252 e. The number of benzene rings is 1. The van der Waals surface area contributed by atoms with Gasteiger partial charge in [0, 0.05) is 10.3 Å². The van der Waals surface area contributed by atoms with Crippen molar-refractivity contribution in [1.29, 1.82) is 0 Å². The summed E-state index contributed by atoms with van der Waals surface area (Å²) < 4.78 is 0. The van der Waals surface area contributed by atoms with Gasteiger partial charge in [0.2, 0.25) is 0 Å². The molecule has 0 radical (unpaired) electrons. The molecule has 23 heavy (non-hydrogen) atoms. The van der Waals surface area contributed by atoms with Crippen molar-refractivity contribution in [3.63, 3.8) is 0 Å². The van der Waals surface area contributed by atoms with Crippen molar-refractivity contribution < 1.29 is 4.79 Å². The molecular formula is C20H27NOS. The third-order valence-corrected chi connectivity index (χ3v) is 5.58. The molecule has 1 N–H and O–H groups in total. The number of hydrogen-bond acceptors (Lipinski definition) is 2. The van der Waals surface area contributed by atoms with Gasteiger partial charge in [-0.25, -0.2) is 0 Å². The van der Waals surface area contributed by atoms with Crippen LogP contribution in [0.2, 0.25) is 0 Å². The molecule has 0 aliphatic rings. The first-order valence-corrected chi connectivity index (χ1v) is 9.45. The number of amides is 1. The van der Waals surface area contributed by atoms with Crippen molar-refractivity contribution in [3.05, 3.63) is 57.3 Å². The standard InChI is InChI=1S/C20H27NOS/c1-5-14(4)15-8-10-16(11-9-15)19(7-3)21-20(22)17-12-18(6-2)23-13-17/h8-14,19H,5-7H2,1-4H3,(H,21,22)/t14-,19-/m1/s1. The van der Waals surface area contributed by atoms with Gasteiger partial charge in [0.15, 0.2) is 0 Å². The molecule has 2 aromatic rings. The summed E-state index contributed by atoms with van der Waals surface area (Å²) in [5.74, 6) is 0.607. The van der Waals surface area contributed by atoms with Gasteiger partial charge in [-0.3, -0.25) is 4.79 Å². The van der Waals surface area contributed by atoms with Gasteiger partial charge >= 0.3 is 0 Å². The number of carbonyl (C=O) groups is 1. The Bertz CT molecular complexity index is 629. The molecule has 0 unspecified atom stereocenters. The maximum atomic E-state index is 12.4. The van der Waals surface area contributed by atoms with E-state index in [0.717, 1.165) is 24.8 Å². The van der Waals surface area contributed by atoms with Crippen LogP contribution in [-0.2, 0) is 6.42 Å². The fourth-order valence-corrected chi connectivity index (χ4v) is 3.46. The van der Waals surface area contributed by atoms with Gasteiger partial charge in [0.05, 0.1) is 11.6 Å². The minimum atomic E-state index is 0.0267. The Morgan fingerprint density at radius 2 is 1.74 bits per heavy atom. The summed E-state index contributed by atoms with van der Waals surface area (Å²) in [6.07, 6.45) is 3.01. The van der Waals surface area contributed by atoms with E-state index in [2.05, 4.69) is 57.3 Å². The number of rotatable bonds is 7. The fraction of sp³-hybridized carbons (Fsp3) is 0.450. The van der Waals surface area contributed by atoms with Gasteiger partial charge in [-0.1, -0.05) is 52.0 Å². The van der Waals surface area contributed by atoms with E-state index in [1.54, 1.807) is 11.3 Å². The smallest absolute Gasteiger partial charge is 0.252 e. The number of carbonyl (C=O) groups excluding carboxylic acids is 1. The minimum absolute atomic E-state index is 0.0267. The summed E-state index contributed by atoms with van der Waals surface area (Å²) in [5, 5.41) is 5.12. The zero-order chi connectivity index (χ0) is 16.8. The summed E-state index contributed by atoms with van der Waals surface area (Å²) in [6.45, 7) is 8.68. The van der Waals surface area contributed by atoms with E-state index in [4.69, 9.17) is 0 Å². The van der Waals surface area contributed by atoms with Crippen LogP contribution < -0.4 is 5.32 Å². The first-order valence-electron chi connectivity index (χ1n) is 8.57. The van der Waals surface area contributed by atoms with E-state index in [1.165, 1.54) is 16.0 Å². The van der Waals surface area contributed by atoms with Crippen LogP contribution in [0.1, 0.15) is 78.9 Å². The first-order chi connectivity index (χ1) is 11.1. The molecule has 3 heteroatoms. The lowest BCUT2D eigenvalue weighted by molar-refractivity contribution is 0.0936. The van der Waals surface area contributed by atoms with E-state index in [0.29, 0.717) is 5.92 Å². The van der Waals surface area contributed by atoms with Crippen LogP contribution in [0.3, 0.4) is 0 Å². The van der Waals surface area contributed by atoms with Crippen LogP contribution in [0.4, 0.5) is 0 Å². The molecule has 124 valence electrons. The predicted octanol–water partition coefficient (Wildman–Crippen LogP) is 5.71. The molecule has 1 aromatic carbocycles. The van der Waals surface area contributed by atoms with Crippen molar-refractivity contribution in [2.24, 2.45) is 0 Å². The molecule has 0 aliphatic heterocycles. The summed E-state index contributed by atoms with van der Waals surface area (Å²) in [5.41, 5.74) is 3.32. The van der Waals surface area contributed by atoms with Gasteiger partial charge in [-0.15, -0.1) is 11.3 Å². The SMILES string of the molecule is CCc1cc(C(=O)N[C@H](CC)c2ccc([C@H](C)CC)cc2)cs1. The maximum absolute atomic E-state index is 12.4. The van der Waals surface area contributed by atoms with Crippen LogP contribution in [-0.4, -0.2) is 5.91 Å². The molecule has 2 atom stereocenters. The molecule has 2 nitrogen and oxygen atoms in total. The van der Waals surface area contributed by atoms with Gasteiger partial charge in [-0.2, -0.15) is 0 Å². The highest BCUT2D eigenvalue weighted by atomic mass is 32.1. The molecule has 0 fully saturated rings. The third-order valence-electron chi connectivity index (χ3n) is 4.50. The second-order valence-corrected chi connectivity index (χ2v) is 7.06. The number of thiophene rings is 1. The number of nitrogens with one attached hydrogen (secondary N) is 1. The summed E-state index contributed by atoms with van der Waals surface area (Å²) in [4.78, 5) is 13.7. The Balaban J connectivity index is 2.08. The second kappa shape index (κ2) is 8.30. The summed E-state index contributed by atoms with van der Waals surface area (Å²) >= 11 is 1.66. The largest absolute Gasteiger partial charge is 0.345 e. The van der Waals surface area contributed by atoms with Crippen molar-refractivity contribution in [2.45, 2.75) is 58.9 Å². The van der Waals surface area contributed by atoms with Crippen LogP contribution in [0.25, 0.3) is 0 Å².